The van der Waals surface area contributed by atoms with Gasteiger partial charge in [-0.3, -0.25) is 4.79 Å². The average Bonchev–Trinajstić information content (AvgIpc) is 3.10. The lowest BCUT2D eigenvalue weighted by molar-refractivity contribution is 0.0463. The van der Waals surface area contributed by atoms with Gasteiger partial charge >= 0.3 is 0 Å². The molecule has 0 aromatic carbocycles. The van der Waals surface area contributed by atoms with Crippen LogP contribution in [0.2, 0.25) is 5.02 Å². The summed E-state index contributed by atoms with van der Waals surface area (Å²) in [6.07, 6.45) is 4.00. The van der Waals surface area contributed by atoms with Crippen LogP contribution in [0, 0.1) is 0 Å². The van der Waals surface area contributed by atoms with Gasteiger partial charge in [-0.1, -0.05) is 11.6 Å². The van der Waals surface area contributed by atoms with Gasteiger partial charge in [0.25, 0.3) is 5.91 Å². The second kappa shape index (κ2) is 4.59. The number of amides is 1. The summed E-state index contributed by atoms with van der Waals surface area (Å²) in [7, 11) is 1.71. The summed E-state index contributed by atoms with van der Waals surface area (Å²) < 4.78 is 1.95. The summed E-state index contributed by atoms with van der Waals surface area (Å²) in [6, 6.07) is 2.11. The van der Waals surface area contributed by atoms with Gasteiger partial charge in [-0.2, -0.15) is 0 Å². The Balaban J connectivity index is 2.28. The maximum Gasteiger partial charge on any atom is 0.270 e. The van der Waals surface area contributed by atoms with E-state index < -0.39 is 5.54 Å². The van der Waals surface area contributed by atoms with Crippen LogP contribution >= 0.6 is 11.6 Å². The molecule has 18 heavy (non-hydrogen) atoms. The zero-order valence-corrected chi connectivity index (χ0v) is 11.7. The first kappa shape index (κ1) is 13.4. The van der Waals surface area contributed by atoms with Crippen LogP contribution in [0.3, 0.4) is 0 Å². The summed E-state index contributed by atoms with van der Waals surface area (Å²) in [4.78, 5) is 14.0. The minimum Gasteiger partial charge on any atom is -0.394 e. The molecule has 0 aliphatic heterocycles. The maximum absolute atomic E-state index is 12.5. The van der Waals surface area contributed by atoms with Crippen LogP contribution < -0.4 is 0 Å². The van der Waals surface area contributed by atoms with Gasteiger partial charge in [0.05, 0.1) is 17.2 Å². The molecule has 1 heterocycles. The molecule has 1 saturated carbocycles. The van der Waals surface area contributed by atoms with E-state index in [1.807, 2.05) is 24.6 Å². The number of carbonyl (C=O) groups excluding carboxylic acids is 1. The van der Waals surface area contributed by atoms with E-state index in [0.717, 1.165) is 12.8 Å². The van der Waals surface area contributed by atoms with Gasteiger partial charge in [0.2, 0.25) is 0 Å². The lowest BCUT2D eigenvalue weighted by atomic mass is 10.0. The van der Waals surface area contributed by atoms with Crippen molar-refractivity contribution in [3.05, 3.63) is 23.0 Å². The number of rotatable bonds is 4. The first-order valence-electron chi connectivity index (χ1n) is 6.13. The first-order chi connectivity index (χ1) is 8.36. The molecule has 0 atom stereocenters. The molecule has 0 bridgehead atoms. The van der Waals surface area contributed by atoms with Crippen LogP contribution in [0.5, 0.6) is 0 Å². The molecule has 1 N–H and O–H groups in total. The molecule has 2 rings (SSSR count). The van der Waals surface area contributed by atoms with E-state index in [4.69, 9.17) is 11.6 Å². The lowest BCUT2D eigenvalue weighted by Gasteiger charge is -2.34. The third-order valence-corrected chi connectivity index (χ3v) is 3.78. The zero-order valence-electron chi connectivity index (χ0n) is 11.0. The molecule has 0 unspecified atom stereocenters. The Morgan fingerprint density at radius 1 is 1.61 bits per heavy atom. The van der Waals surface area contributed by atoms with Crippen LogP contribution in [0.4, 0.5) is 0 Å². The molecule has 1 aliphatic carbocycles. The van der Waals surface area contributed by atoms with Crippen molar-refractivity contribution < 1.29 is 9.90 Å². The Labute approximate surface area is 112 Å². The molecule has 1 aliphatic rings. The number of carbonyl (C=O) groups is 1. The fraction of sp³-hybridized carbons (Fsp3) is 0.615. The van der Waals surface area contributed by atoms with E-state index in [-0.39, 0.29) is 12.5 Å². The van der Waals surface area contributed by atoms with Gasteiger partial charge in [0.1, 0.15) is 5.69 Å². The molecule has 0 spiro atoms. The number of likely N-dealkylation sites (N-methyl/N-ethyl adjacent to an activating group) is 1. The van der Waals surface area contributed by atoms with Gasteiger partial charge in [0, 0.05) is 19.3 Å². The summed E-state index contributed by atoms with van der Waals surface area (Å²) in [5.74, 6) is -0.104. The SMILES string of the molecule is CN(C(=O)c1cc(Cl)cn1C1CC1)C(C)(C)CO. The minimum atomic E-state index is -0.581. The van der Waals surface area contributed by atoms with Crippen molar-refractivity contribution in [1.29, 1.82) is 0 Å². The second-order valence-corrected chi connectivity index (χ2v) is 5.95. The highest BCUT2D eigenvalue weighted by Gasteiger charge is 2.33. The normalized spacial score (nSPS) is 15.8. The van der Waals surface area contributed by atoms with E-state index in [0.29, 0.717) is 16.8 Å². The highest BCUT2D eigenvalue weighted by molar-refractivity contribution is 6.31. The van der Waals surface area contributed by atoms with E-state index in [1.54, 1.807) is 18.0 Å². The van der Waals surface area contributed by atoms with Gasteiger partial charge < -0.3 is 14.6 Å². The average molecular weight is 271 g/mol. The molecule has 1 fully saturated rings. The van der Waals surface area contributed by atoms with Crippen LogP contribution in [0.15, 0.2) is 12.3 Å². The molecule has 100 valence electrons. The molecule has 4 nitrogen and oxygen atoms in total. The van der Waals surface area contributed by atoms with Crippen molar-refractivity contribution in [3.63, 3.8) is 0 Å². The Kier molecular flexibility index (Phi) is 3.43. The summed E-state index contributed by atoms with van der Waals surface area (Å²) in [6.45, 7) is 3.58. The Morgan fingerprint density at radius 3 is 2.72 bits per heavy atom. The number of aromatic nitrogens is 1. The van der Waals surface area contributed by atoms with Crippen molar-refractivity contribution in [1.82, 2.24) is 9.47 Å². The Morgan fingerprint density at radius 2 is 2.22 bits per heavy atom. The highest BCUT2D eigenvalue weighted by atomic mass is 35.5. The number of aliphatic hydroxyl groups excluding tert-OH is 1. The molecule has 1 amide bonds. The first-order valence-corrected chi connectivity index (χ1v) is 6.51. The quantitative estimate of drug-likeness (QED) is 0.913. The monoisotopic (exact) mass is 270 g/mol. The zero-order chi connectivity index (χ0) is 13.5. The van der Waals surface area contributed by atoms with E-state index in [1.165, 1.54) is 0 Å². The number of hydrogen-bond acceptors (Lipinski definition) is 2. The van der Waals surface area contributed by atoms with Gasteiger partial charge in [-0.05, 0) is 32.8 Å². The molecular weight excluding hydrogens is 252 g/mol. The van der Waals surface area contributed by atoms with Crippen LogP contribution in [0.1, 0.15) is 43.2 Å². The fourth-order valence-electron chi connectivity index (χ4n) is 1.82. The van der Waals surface area contributed by atoms with Crippen molar-refractivity contribution in [2.45, 2.75) is 38.3 Å². The van der Waals surface area contributed by atoms with Gasteiger partial charge in [-0.25, -0.2) is 0 Å². The third-order valence-electron chi connectivity index (χ3n) is 3.57. The standard InChI is InChI=1S/C13H19ClN2O2/c1-13(2,8-17)15(3)12(18)11-6-9(14)7-16(11)10-4-5-10/h6-7,10,17H,4-5,8H2,1-3H3. The number of halogens is 1. The molecule has 5 heteroatoms. The largest absolute Gasteiger partial charge is 0.394 e. The van der Waals surface area contributed by atoms with Crippen molar-refractivity contribution in [2.75, 3.05) is 13.7 Å². The van der Waals surface area contributed by atoms with Crippen LogP contribution in [-0.4, -0.2) is 39.7 Å². The van der Waals surface area contributed by atoms with Crippen molar-refractivity contribution in [3.8, 4) is 0 Å². The number of hydrogen-bond donors (Lipinski definition) is 1. The topological polar surface area (TPSA) is 45.5 Å². The van der Waals surface area contributed by atoms with E-state index >= 15 is 0 Å². The van der Waals surface area contributed by atoms with E-state index in [2.05, 4.69) is 0 Å². The molecule has 0 radical (unpaired) electrons. The predicted molar refractivity (Wildman–Crippen MR) is 71.0 cm³/mol. The van der Waals surface area contributed by atoms with Gasteiger partial charge in [-0.15, -0.1) is 0 Å². The Bertz CT molecular complexity index is 464. The lowest BCUT2D eigenvalue weighted by Crippen LogP contribution is -2.48. The van der Waals surface area contributed by atoms with Crippen molar-refractivity contribution >= 4 is 17.5 Å². The smallest absolute Gasteiger partial charge is 0.270 e. The summed E-state index contributed by atoms with van der Waals surface area (Å²) >= 11 is 5.99. The molecule has 0 saturated heterocycles. The van der Waals surface area contributed by atoms with Crippen LogP contribution in [0.25, 0.3) is 0 Å². The predicted octanol–water partition coefficient (Wildman–Crippen LogP) is 2.32. The second-order valence-electron chi connectivity index (χ2n) is 5.52. The van der Waals surface area contributed by atoms with Gasteiger partial charge in [0.15, 0.2) is 0 Å². The summed E-state index contributed by atoms with van der Waals surface area (Å²) in [5, 5.41) is 9.91. The van der Waals surface area contributed by atoms with Crippen LogP contribution in [-0.2, 0) is 0 Å². The summed E-state index contributed by atoms with van der Waals surface area (Å²) in [5.41, 5.74) is 0.0221. The third kappa shape index (κ3) is 2.40. The highest BCUT2D eigenvalue weighted by Crippen LogP contribution is 2.37. The number of aliphatic hydroxyl groups is 1. The Hall–Kier alpha value is -1.00. The fourth-order valence-corrected chi connectivity index (χ4v) is 2.03. The minimum absolute atomic E-state index is 0.0763. The maximum atomic E-state index is 12.5. The molecular formula is C13H19ClN2O2. The molecule has 1 aromatic rings. The molecule has 1 aromatic heterocycles. The van der Waals surface area contributed by atoms with Crippen molar-refractivity contribution in [2.24, 2.45) is 0 Å². The van der Waals surface area contributed by atoms with E-state index in [9.17, 15) is 9.90 Å². The number of nitrogens with zero attached hydrogens (tertiary/aromatic N) is 2.